The number of hydrogen-bond donors (Lipinski definition) is 0. The molecule has 3 aromatic carbocycles. The van der Waals surface area contributed by atoms with Crippen LogP contribution < -0.4 is 0 Å². The summed E-state index contributed by atoms with van der Waals surface area (Å²) in [5.41, 5.74) is 0. The fourth-order valence-corrected chi connectivity index (χ4v) is 5.41. The lowest BCUT2D eigenvalue weighted by Crippen LogP contribution is -2.01. The number of benzene rings is 3. The van der Waals surface area contributed by atoms with E-state index < -0.39 is 10.0 Å². The highest BCUT2D eigenvalue weighted by atomic mass is 32.3. The summed E-state index contributed by atoms with van der Waals surface area (Å²) in [7, 11) is -1.18. The zero-order valence-corrected chi connectivity index (χ0v) is 14.4. The van der Waals surface area contributed by atoms with E-state index in [4.69, 9.17) is 0 Å². The van der Waals surface area contributed by atoms with Gasteiger partial charge in [0.25, 0.3) is 0 Å². The number of hydrogen-bond acceptors (Lipinski definition) is 0. The Morgan fingerprint density at radius 2 is 0.682 bits per heavy atom. The van der Waals surface area contributed by atoms with Crippen LogP contribution in [-0.4, -0.2) is 6.26 Å². The molecule has 22 heavy (non-hydrogen) atoms. The van der Waals surface area contributed by atoms with Crippen molar-refractivity contribution in [3.63, 3.8) is 0 Å². The van der Waals surface area contributed by atoms with Gasteiger partial charge in [-0.3, -0.25) is 0 Å². The van der Waals surface area contributed by atoms with E-state index in [2.05, 4.69) is 97.3 Å². The Morgan fingerprint density at radius 1 is 0.455 bits per heavy atom. The van der Waals surface area contributed by atoms with Crippen molar-refractivity contribution < 1.29 is 0 Å². The minimum absolute atomic E-state index is 1.18. The fourth-order valence-electron chi connectivity index (χ4n) is 2.49. The molecule has 0 aliphatic heterocycles. The molecule has 114 valence electrons. The third-order valence-electron chi connectivity index (χ3n) is 3.64. The van der Waals surface area contributed by atoms with E-state index in [1.165, 1.54) is 14.7 Å². The first-order valence-electron chi connectivity index (χ1n) is 7.75. The SMILES string of the molecule is CC.CS(c1ccccc1)(c1ccccc1)c1ccccc1. The summed E-state index contributed by atoms with van der Waals surface area (Å²) in [6, 6.07) is 32.5. The summed E-state index contributed by atoms with van der Waals surface area (Å²) in [6.07, 6.45) is 2.38. The lowest BCUT2D eigenvalue weighted by molar-refractivity contribution is 1.30. The van der Waals surface area contributed by atoms with E-state index in [-0.39, 0.29) is 0 Å². The minimum atomic E-state index is -1.18. The maximum atomic E-state index is 2.38. The molecule has 0 fully saturated rings. The highest BCUT2D eigenvalue weighted by Gasteiger charge is 2.24. The van der Waals surface area contributed by atoms with E-state index in [9.17, 15) is 0 Å². The van der Waals surface area contributed by atoms with Crippen molar-refractivity contribution in [2.45, 2.75) is 28.5 Å². The van der Waals surface area contributed by atoms with Crippen LogP contribution in [0.5, 0.6) is 0 Å². The standard InChI is InChI=1S/C19H18S.C2H6/c1-20(17-11-5-2-6-12-17,18-13-7-3-8-14-18)19-15-9-4-10-16-19;1-2/h2-16H,1H3;1-2H3. The molecular formula is C21H24S. The van der Waals surface area contributed by atoms with Gasteiger partial charge in [-0.2, -0.15) is 10.0 Å². The molecule has 1 heteroatoms. The largest absolute Gasteiger partial charge is 0.163 e. The van der Waals surface area contributed by atoms with Gasteiger partial charge in [-0.1, -0.05) is 68.4 Å². The van der Waals surface area contributed by atoms with Crippen LogP contribution in [0, 0.1) is 0 Å². The van der Waals surface area contributed by atoms with Crippen molar-refractivity contribution in [3.8, 4) is 0 Å². The molecule has 0 aromatic heterocycles. The lowest BCUT2D eigenvalue weighted by atomic mass is 10.4. The van der Waals surface area contributed by atoms with Crippen LogP contribution >= 0.6 is 10.0 Å². The molecule has 3 rings (SSSR count). The van der Waals surface area contributed by atoms with Crippen LogP contribution in [0.2, 0.25) is 0 Å². The molecule has 0 saturated carbocycles. The van der Waals surface area contributed by atoms with Gasteiger partial charge in [-0.15, -0.1) is 0 Å². The van der Waals surface area contributed by atoms with Gasteiger partial charge in [0, 0.05) is 0 Å². The van der Waals surface area contributed by atoms with Crippen LogP contribution in [0.15, 0.2) is 106 Å². The molecule has 3 aromatic rings. The summed E-state index contributed by atoms with van der Waals surface area (Å²) in [5.74, 6) is 0. The maximum absolute atomic E-state index is 2.38. The summed E-state index contributed by atoms with van der Waals surface area (Å²) in [4.78, 5) is 4.20. The average molecular weight is 308 g/mol. The zero-order valence-electron chi connectivity index (χ0n) is 13.6. The summed E-state index contributed by atoms with van der Waals surface area (Å²) < 4.78 is 0. The zero-order chi connectivity index (χ0) is 15.8. The van der Waals surface area contributed by atoms with E-state index in [0.717, 1.165) is 0 Å². The molecule has 0 amide bonds. The average Bonchev–Trinajstić information content (AvgIpc) is 2.65. The third-order valence-corrected chi connectivity index (χ3v) is 7.29. The van der Waals surface area contributed by atoms with Gasteiger partial charge in [0.2, 0.25) is 0 Å². The lowest BCUT2D eigenvalue weighted by Gasteiger charge is -2.37. The first kappa shape index (κ1) is 16.4. The van der Waals surface area contributed by atoms with Crippen LogP contribution in [0.25, 0.3) is 0 Å². The maximum Gasteiger partial charge on any atom is -0.00212 e. The Labute approximate surface area is 136 Å². The minimum Gasteiger partial charge on any atom is -0.163 e. The molecule has 0 radical (unpaired) electrons. The second-order valence-corrected chi connectivity index (χ2v) is 8.11. The molecule has 0 nitrogen and oxygen atoms in total. The van der Waals surface area contributed by atoms with Gasteiger partial charge in [-0.25, -0.2) is 0 Å². The Balaban J connectivity index is 0.000000847. The summed E-state index contributed by atoms with van der Waals surface area (Å²) >= 11 is 0. The van der Waals surface area contributed by atoms with Crippen LogP contribution in [-0.2, 0) is 0 Å². The molecule has 0 atom stereocenters. The topological polar surface area (TPSA) is 0 Å². The second kappa shape index (κ2) is 7.86. The molecule has 0 bridgehead atoms. The fraction of sp³-hybridized carbons (Fsp3) is 0.143. The third kappa shape index (κ3) is 3.26. The van der Waals surface area contributed by atoms with Gasteiger partial charge in [0.1, 0.15) is 0 Å². The van der Waals surface area contributed by atoms with Gasteiger partial charge in [0.15, 0.2) is 0 Å². The predicted octanol–water partition coefficient (Wildman–Crippen LogP) is 6.62. The molecule has 0 aliphatic rings. The van der Waals surface area contributed by atoms with Gasteiger partial charge in [0.05, 0.1) is 0 Å². The van der Waals surface area contributed by atoms with Gasteiger partial charge in [-0.05, 0) is 57.3 Å². The van der Waals surface area contributed by atoms with E-state index in [1.807, 2.05) is 13.8 Å². The Bertz CT molecular complexity index is 563. The number of rotatable bonds is 3. The van der Waals surface area contributed by atoms with E-state index in [0.29, 0.717) is 0 Å². The summed E-state index contributed by atoms with van der Waals surface area (Å²) in [6.45, 7) is 4.00. The van der Waals surface area contributed by atoms with E-state index >= 15 is 0 Å². The highest BCUT2D eigenvalue weighted by Crippen LogP contribution is 2.65. The van der Waals surface area contributed by atoms with Gasteiger partial charge < -0.3 is 0 Å². The van der Waals surface area contributed by atoms with Crippen molar-refractivity contribution >= 4 is 10.0 Å². The van der Waals surface area contributed by atoms with Crippen molar-refractivity contribution in [2.75, 3.05) is 6.26 Å². The Morgan fingerprint density at radius 3 is 0.909 bits per heavy atom. The first-order valence-corrected chi connectivity index (χ1v) is 9.79. The predicted molar refractivity (Wildman–Crippen MR) is 99.0 cm³/mol. The Kier molecular flexibility index (Phi) is 5.85. The molecule has 0 saturated heterocycles. The quantitative estimate of drug-likeness (QED) is 0.509. The van der Waals surface area contributed by atoms with E-state index in [1.54, 1.807) is 0 Å². The van der Waals surface area contributed by atoms with Gasteiger partial charge >= 0.3 is 0 Å². The monoisotopic (exact) mass is 308 g/mol. The highest BCUT2D eigenvalue weighted by molar-refractivity contribution is 8.33. The van der Waals surface area contributed by atoms with Crippen LogP contribution in [0.4, 0.5) is 0 Å². The normalized spacial score (nSPS) is 11.2. The molecule has 0 spiro atoms. The van der Waals surface area contributed by atoms with Crippen LogP contribution in [0.3, 0.4) is 0 Å². The summed E-state index contributed by atoms with van der Waals surface area (Å²) in [5, 5.41) is 0. The molecule has 0 unspecified atom stereocenters. The molecule has 0 aliphatic carbocycles. The van der Waals surface area contributed by atoms with Crippen molar-refractivity contribution in [3.05, 3.63) is 91.0 Å². The van der Waals surface area contributed by atoms with Crippen molar-refractivity contribution in [2.24, 2.45) is 0 Å². The molecular weight excluding hydrogens is 284 g/mol. The molecule has 0 N–H and O–H groups in total. The molecule has 0 heterocycles. The second-order valence-electron chi connectivity index (χ2n) is 4.86. The van der Waals surface area contributed by atoms with Crippen LogP contribution in [0.1, 0.15) is 13.8 Å². The first-order chi connectivity index (χ1) is 10.8. The van der Waals surface area contributed by atoms with Crippen molar-refractivity contribution in [1.29, 1.82) is 0 Å². The smallest absolute Gasteiger partial charge is 0.00212 e. The van der Waals surface area contributed by atoms with Crippen molar-refractivity contribution in [1.82, 2.24) is 0 Å². The Hall–Kier alpha value is -1.99.